The van der Waals surface area contributed by atoms with E-state index in [1.54, 1.807) is 11.3 Å². The molecule has 0 spiro atoms. The van der Waals surface area contributed by atoms with Crippen LogP contribution in [0.3, 0.4) is 0 Å². The average Bonchev–Trinajstić information content (AvgIpc) is 3.54. The Labute approximate surface area is 253 Å². The number of benzene rings is 6. The van der Waals surface area contributed by atoms with Gasteiger partial charge in [-0.1, -0.05) is 127 Å². The van der Waals surface area contributed by atoms with Gasteiger partial charge < -0.3 is 0 Å². The minimum absolute atomic E-state index is 0.715. The standard InChI is InChI=1S/C39H25N3S/c1-4-11-26(12-5-1)34-25-35(27-13-6-2-7-14-27)41-38(40-34)32-22-20-29-23-31(21-19-30(29)24-32)33-17-10-18-36-37(33)42-39(43-36)28-15-8-3-9-16-28/h1-25H. The van der Waals surface area contributed by atoms with Gasteiger partial charge in [0.2, 0.25) is 0 Å². The number of rotatable bonds is 5. The molecule has 3 nitrogen and oxygen atoms in total. The van der Waals surface area contributed by atoms with Gasteiger partial charge in [0.05, 0.1) is 21.6 Å². The van der Waals surface area contributed by atoms with Gasteiger partial charge in [-0.3, -0.25) is 0 Å². The highest BCUT2D eigenvalue weighted by molar-refractivity contribution is 7.21. The van der Waals surface area contributed by atoms with Gasteiger partial charge in [-0.25, -0.2) is 15.0 Å². The van der Waals surface area contributed by atoms with Crippen molar-refractivity contribution in [2.24, 2.45) is 0 Å². The summed E-state index contributed by atoms with van der Waals surface area (Å²) in [5.74, 6) is 0.715. The van der Waals surface area contributed by atoms with Crippen LogP contribution >= 0.6 is 11.3 Å². The van der Waals surface area contributed by atoms with E-state index in [0.717, 1.165) is 60.7 Å². The Bertz CT molecular complexity index is 2170. The van der Waals surface area contributed by atoms with Crippen molar-refractivity contribution in [3.8, 4) is 55.6 Å². The van der Waals surface area contributed by atoms with E-state index in [-0.39, 0.29) is 0 Å². The Kier molecular flexibility index (Phi) is 6.32. The lowest BCUT2D eigenvalue weighted by molar-refractivity contribution is 1.18. The first-order chi connectivity index (χ1) is 21.3. The maximum atomic E-state index is 5.06. The fourth-order valence-electron chi connectivity index (χ4n) is 5.53. The van der Waals surface area contributed by atoms with Crippen LogP contribution in [0.4, 0.5) is 0 Å². The predicted octanol–water partition coefficient (Wildman–Crippen LogP) is 10.6. The van der Waals surface area contributed by atoms with Gasteiger partial charge in [0, 0.05) is 27.8 Å². The summed E-state index contributed by atoms with van der Waals surface area (Å²) in [6, 6.07) is 52.6. The number of para-hydroxylation sites is 1. The Morgan fingerprint density at radius 3 is 1.58 bits per heavy atom. The molecule has 8 rings (SSSR count). The van der Waals surface area contributed by atoms with Crippen molar-refractivity contribution in [2.45, 2.75) is 0 Å². The molecule has 2 heterocycles. The number of thiazole rings is 1. The van der Waals surface area contributed by atoms with Crippen LogP contribution in [0, 0.1) is 0 Å². The van der Waals surface area contributed by atoms with E-state index in [1.165, 1.54) is 10.1 Å². The molecule has 0 aliphatic carbocycles. The molecule has 0 bridgehead atoms. The molecule has 0 unspecified atom stereocenters. The number of hydrogen-bond acceptors (Lipinski definition) is 4. The van der Waals surface area contributed by atoms with Crippen molar-refractivity contribution in [3.63, 3.8) is 0 Å². The quantitative estimate of drug-likeness (QED) is 0.208. The van der Waals surface area contributed by atoms with Gasteiger partial charge in [0.15, 0.2) is 5.82 Å². The van der Waals surface area contributed by atoms with Crippen LogP contribution in [0.25, 0.3) is 76.6 Å². The van der Waals surface area contributed by atoms with Crippen LogP contribution in [0.2, 0.25) is 0 Å². The summed E-state index contributed by atoms with van der Waals surface area (Å²) in [6.07, 6.45) is 0. The number of nitrogens with zero attached hydrogens (tertiary/aromatic N) is 3. The van der Waals surface area contributed by atoms with E-state index >= 15 is 0 Å². The molecule has 0 fully saturated rings. The molecule has 0 saturated carbocycles. The summed E-state index contributed by atoms with van der Waals surface area (Å²) in [4.78, 5) is 15.1. The lowest BCUT2D eigenvalue weighted by atomic mass is 9.99. The Balaban J connectivity index is 1.20. The van der Waals surface area contributed by atoms with Gasteiger partial charge in [-0.15, -0.1) is 11.3 Å². The number of fused-ring (bicyclic) bond motifs is 2. The summed E-state index contributed by atoms with van der Waals surface area (Å²) in [7, 11) is 0. The van der Waals surface area contributed by atoms with Crippen molar-refractivity contribution in [1.82, 2.24) is 15.0 Å². The van der Waals surface area contributed by atoms with Crippen molar-refractivity contribution >= 4 is 32.3 Å². The first kappa shape index (κ1) is 25.3. The van der Waals surface area contributed by atoms with E-state index in [1.807, 2.05) is 42.5 Å². The summed E-state index contributed by atoms with van der Waals surface area (Å²) in [5.41, 5.74) is 9.44. The molecule has 6 aromatic carbocycles. The van der Waals surface area contributed by atoms with E-state index in [2.05, 4.69) is 109 Å². The molecular weight excluding hydrogens is 543 g/mol. The second kappa shape index (κ2) is 10.8. The summed E-state index contributed by atoms with van der Waals surface area (Å²) >= 11 is 1.74. The number of hydrogen-bond donors (Lipinski definition) is 0. The summed E-state index contributed by atoms with van der Waals surface area (Å²) < 4.78 is 1.19. The third kappa shape index (κ3) is 4.88. The Hall–Kier alpha value is -5.45. The highest BCUT2D eigenvalue weighted by Gasteiger charge is 2.14. The van der Waals surface area contributed by atoms with E-state index in [4.69, 9.17) is 15.0 Å². The van der Waals surface area contributed by atoms with Gasteiger partial charge >= 0.3 is 0 Å². The third-order valence-corrected chi connectivity index (χ3v) is 8.78. The van der Waals surface area contributed by atoms with E-state index in [9.17, 15) is 0 Å². The molecular formula is C39H25N3S. The van der Waals surface area contributed by atoms with Crippen LogP contribution in [-0.2, 0) is 0 Å². The second-order valence-corrected chi connectivity index (χ2v) is 11.5. The summed E-state index contributed by atoms with van der Waals surface area (Å²) in [5, 5.41) is 3.35. The molecule has 0 atom stereocenters. The SMILES string of the molecule is c1ccc(-c2cc(-c3ccccc3)nc(-c3ccc4cc(-c5cccc6sc(-c7ccccc7)nc56)ccc4c3)n2)cc1. The van der Waals surface area contributed by atoms with Crippen LogP contribution in [0.15, 0.2) is 152 Å². The van der Waals surface area contributed by atoms with E-state index in [0.29, 0.717) is 5.82 Å². The van der Waals surface area contributed by atoms with Crippen molar-refractivity contribution in [3.05, 3.63) is 152 Å². The van der Waals surface area contributed by atoms with Gasteiger partial charge in [0.1, 0.15) is 5.01 Å². The minimum Gasteiger partial charge on any atom is -0.235 e. The molecule has 4 heteroatoms. The zero-order valence-electron chi connectivity index (χ0n) is 23.2. The predicted molar refractivity (Wildman–Crippen MR) is 180 cm³/mol. The highest BCUT2D eigenvalue weighted by atomic mass is 32.1. The van der Waals surface area contributed by atoms with Crippen LogP contribution < -0.4 is 0 Å². The van der Waals surface area contributed by atoms with Gasteiger partial charge in [-0.05, 0) is 40.6 Å². The Morgan fingerprint density at radius 1 is 0.395 bits per heavy atom. The maximum absolute atomic E-state index is 5.06. The fraction of sp³-hybridized carbons (Fsp3) is 0. The maximum Gasteiger partial charge on any atom is 0.160 e. The van der Waals surface area contributed by atoms with Crippen molar-refractivity contribution < 1.29 is 0 Å². The zero-order valence-corrected chi connectivity index (χ0v) is 24.0. The lowest BCUT2D eigenvalue weighted by Gasteiger charge is -2.10. The molecule has 43 heavy (non-hydrogen) atoms. The Morgan fingerprint density at radius 2 is 0.953 bits per heavy atom. The molecule has 0 radical (unpaired) electrons. The molecule has 2 aromatic heterocycles. The molecule has 0 N–H and O–H groups in total. The van der Waals surface area contributed by atoms with Crippen molar-refractivity contribution in [2.75, 3.05) is 0 Å². The molecule has 0 saturated heterocycles. The molecule has 8 aromatic rings. The van der Waals surface area contributed by atoms with E-state index < -0.39 is 0 Å². The molecule has 0 amide bonds. The number of aromatic nitrogens is 3. The topological polar surface area (TPSA) is 38.7 Å². The third-order valence-electron chi connectivity index (χ3n) is 7.71. The van der Waals surface area contributed by atoms with Crippen LogP contribution in [0.1, 0.15) is 0 Å². The smallest absolute Gasteiger partial charge is 0.160 e. The van der Waals surface area contributed by atoms with Crippen LogP contribution in [0.5, 0.6) is 0 Å². The zero-order chi connectivity index (χ0) is 28.6. The normalized spacial score (nSPS) is 11.3. The largest absolute Gasteiger partial charge is 0.235 e. The highest BCUT2D eigenvalue weighted by Crippen LogP contribution is 2.37. The fourth-order valence-corrected chi connectivity index (χ4v) is 6.53. The molecule has 0 aliphatic heterocycles. The van der Waals surface area contributed by atoms with Crippen molar-refractivity contribution in [1.29, 1.82) is 0 Å². The minimum atomic E-state index is 0.715. The summed E-state index contributed by atoms with van der Waals surface area (Å²) in [6.45, 7) is 0. The molecule has 0 aliphatic rings. The van der Waals surface area contributed by atoms with Gasteiger partial charge in [-0.2, -0.15) is 0 Å². The monoisotopic (exact) mass is 567 g/mol. The van der Waals surface area contributed by atoms with Gasteiger partial charge in [0.25, 0.3) is 0 Å². The lowest BCUT2D eigenvalue weighted by Crippen LogP contribution is -1.96. The first-order valence-corrected chi connectivity index (χ1v) is 15.1. The van der Waals surface area contributed by atoms with Crippen LogP contribution in [-0.4, -0.2) is 15.0 Å². The second-order valence-electron chi connectivity index (χ2n) is 10.5. The first-order valence-electron chi connectivity index (χ1n) is 14.3. The average molecular weight is 568 g/mol. The molecule has 202 valence electrons.